The summed E-state index contributed by atoms with van der Waals surface area (Å²) in [5.74, 6) is 0.599. The smallest absolute Gasteiger partial charge is 0.143 e. The number of nitrogens with zero attached hydrogens (tertiary/aromatic N) is 2. The number of hydrogen-bond donors (Lipinski definition) is 1. The number of rotatable bonds is 5. The molecule has 1 N–H and O–H groups in total. The van der Waals surface area contributed by atoms with E-state index in [0.29, 0.717) is 5.76 Å². The van der Waals surface area contributed by atoms with Gasteiger partial charge in [-0.2, -0.15) is 0 Å². The molecule has 0 saturated carbocycles. The standard InChI is InChI=1S/C18H24N2O2/c1-5-20(6-2)14-7-9-16(13(3)11-14)19-17-10-8-15(21)12-18(17)22-4/h7-12,15,21H,5-6H2,1-4H3. The third-order valence-electron chi connectivity index (χ3n) is 3.80. The summed E-state index contributed by atoms with van der Waals surface area (Å²) >= 11 is 0. The molecule has 118 valence electrons. The Morgan fingerprint density at radius 3 is 2.59 bits per heavy atom. The minimum atomic E-state index is -0.611. The highest BCUT2D eigenvalue weighted by atomic mass is 16.5. The number of aliphatic hydroxyl groups excluding tert-OH is 1. The minimum Gasteiger partial charge on any atom is -0.495 e. The zero-order valence-corrected chi connectivity index (χ0v) is 13.7. The molecule has 2 rings (SSSR count). The van der Waals surface area contributed by atoms with Crippen LogP contribution >= 0.6 is 0 Å². The van der Waals surface area contributed by atoms with Crippen molar-refractivity contribution in [3.63, 3.8) is 0 Å². The van der Waals surface area contributed by atoms with Crippen LogP contribution in [-0.4, -0.2) is 37.1 Å². The van der Waals surface area contributed by atoms with Crippen LogP contribution in [0.25, 0.3) is 0 Å². The van der Waals surface area contributed by atoms with Crippen molar-refractivity contribution in [2.24, 2.45) is 4.99 Å². The van der Waals surface area contributed by atoms with Crippen molar-refractivity contribution in [2.45, 2.75) is 26.9 Å². The second-order valence-corrected chi connectivity index (χ2v) is 5.22. The van der Waals surface area contributed by atoms with Gasteiger partial charge in [-0.25, -0.2) is 4.99 Å². The van der Waals surface area contributed by atoms with Gasteiger partial charge in [-0.15, -0.1) is 0 Å². The molecule has 1 atom stereocenters. The summed E-state index contributed by atoms with van der Waals surface area (Å²) in [4.78, 5) is 6.97. The molecule has 0 amide bonds. The van der Waals surface area contributed by atoms with Gasteiger partial charge in [-0.05, 0) is 62.8 Å². The molecule has 0 aromatic heterocycles. The minimum absolute atomic E-state index is 0.599. The van der Waals surface area contributed by atoms with Crippen LogP contribution in [0.2, 0.25) is 0 Å². The van der Waals surface area contributed by atoms with E-state index in [1.54, 1.807) is 25.3 Å². The number of anilines is 1. The third kappa shape index (κ3) is 3.57. The van der Waals surface area contributed by atoms with Gasteiger partial charge in [-0.1, -0.05) is 0 Å². The number of benzene rings is 1. The van der Waals surface area contributed by atoms with E-state index in [9.17, 15) is 5.11 Å². The Kier molecular flexibility index (Phi) is 5.39. The monoisotopic (exact) mass is 300 g/mol. The van der Waals surface area contributed by atoms with Gasteiger partial charge >= 0.3 is 0 Å². The zero-order valence-electron chi connectivity index (χ0n) is 13.7. The van der Waals surface area contributed by atoms with Gasteiger partial charge in [0.1, 0.15) is 11.5 Å². The van der Waals surface area contributed by atoms with Crippen LogP contribution in [0, 0.1) is 6.92 Å². The molecule has 4 heteroatoms. The van der Waals surface area contributed by atoms with E-state index in [1.165, 1.54) is 5.69 Å². The highest BCUT2D eigenvalue weighted by molar-refractivity contribution is 6.09. The molecule has 1 unspecified atom stereocenters. The fourth-order valence-electron chi connectivity index (χ4n) is 2.51. The van der Waals surface area contributed by atoms with Crippen molar-refractivity contribution in [3.05, 3.63) is 47.7 Å². The fraction of sp³-hybridized carbons (Fsp3) is 0.389. The van der Waals surface area contributed by atoms with E-state index in [1.807, 2.05) is 6.07 Å². The van der Waals surface area contributed by atoms with Gasteiger partial charge < -0.3 is 14.7 Å². The van der Waals surface area contributed by atoms with Crippen LogP contribution in [0.4, 0.5) is 11.4 Å². The van der Waals surface area contributed by atoms with E-state index >= 15 is 0 Å². The quantitative estimate of drug-likeness (QED) is 0.906. The number of allylic oxidation sites excluding steroid dienone is 1. The Balaban J connectivity index is 2.32. The summed E-state index contributed by atoms with van der Waals surface area (Å²) in [7, 11) is 1.59. The third-order valence-corrected chi connectivity index (χ3v) is 3.80. The lowest BCUT2D eigenvalue weighted by Crippen LogP contribution is -2.21. The SMILES string of the molecule is CCN(CC)c1ccc(N=C2C=CC(O)C=C2OC)c(C)c1. The van der Waals surface area contributed by atoms with Gasteiger partial charge in [0.2, 0.25) is 0 Å². The molecule has 4 nitrogen and oxygen atoms in total. The maximum atomic E-state index is 9.60. The van der Waals surface area contributed by atoms with Crippen LogP contribution in [0.3, 0.4) is 0 Å². The predicted octanol–water partition coefficient (Wildman–Crippen LogP) is 3.37. The summed E-state index contributed by atoms with van der Waals surface area (Å²) < 4.78 is 5.29. The van der Waals surface area contributed by atoms with Crippen molar-refractivity contribution >= 4 is 17.1 Å². The Bertz CT molecular complexity index is 614. The van der Waals surface area contributed by atoms with Gasteiger partial charge in [0, 0.05) is 18.8 Å². The topological polar surface area (TPSA) is 45.1 Å². The van der Waals surface area contributed by atoms with Crippen LogP contribution in [0.15, 0.2) is 47.2 Å². The summed E-state index contributed by atoms with van der Waals surface area (Å²) in [6, 6.07) is 6.28. The molecule has 1 aliphatic carbocycles. The first-order chi connectivity index (χ1) is 10.6. The van der Waals surface area contributed by atoms with Gasteiger partial charge in [-0.3, -0.25) is 0 Å². The Labute approximate surface area is 132 Å². The molecule has 0 fully saturated rings. The van der Waals surface area contributed by atoms with Gasteiger partial charge in [0.25, 0.3) is 0 Å². The maximum absolute atomic E-state index is 9.60. The first-order valence-electron chi connectivity index (χ1n) is 7.65. The molecule has 0 radical (unpaired) electrons. The summed E-state index contributed by atoms with van der Waals surface area (Å²) in [6.45, 7) is 8.34. The van der Waals surface area contributed by atoms with Crippen molar-refractivity contribution in [1.29, 1.82) is 0 Å². The molecule has 22 heavy (non-hydrogen) atoms. The lowest BCUT2D eigenvalue weighted by Gasteiger charge is -2.22. The molecule has 0 aliphatic heterocycles. The zero-order chi connectivity index (χ0) is 16.1. The number of hydrogen-bond acceptors (Lipinski definition) is 4. The number of methoxy groups -OCH3 is 1. The number of ether oxygens (including phenoxy) is 1. The lowest BCUT2D eigenvalue weighted by atomic mass is 10.1. The molecular formula is C18H24N2O2. The van der Waals surface area contributed by atoms with Gasteiger partial charge in [0.15, 0.2) is 0 Å². The number of aliphatic imine (C=N–C) groups is 1. The summed E-state index contributed by atoms with van der Waals surface area (Å²) in [5, 5.41) is 9.60. The largest absolute Gasteiger partial charge is 0.495 e. The average molecular weight is 300 g/mol. The molecule has 1 aromatic carbocycles. The van der Waals surface area contributed by atoms with E-state index in [2.05, 4.69) is 42.8 Å². The Morgan fingerprint density at radius 2 is 2.00 bits per heavy atom. The van der Waals surface area contributed by atoms with Crippen LogP contribution in [0.5, 0.6) is 0 Å². The number of aliphatic hydroxyl groups is 1. The second-order valence-electron chi connectivity index (χ2n) is 5.22. The fourth-order valence-corrected chi connectivity index (χ4v) is 2.51. The van der Waals surface area contributed by atoms with Crippen molar-refractivity contribution in [2.75, 3.05) is 25.1 Å². The molecule has 0 bridgehead atoms. The molecule has 1 aromatic rings. The highest BCUT2D eigenvalue weighted by Crippen LogP contribution is 2.26. The molecular weight excluding hydrogens is 276 g/mol. The normalized spacial score (nSPS) is 19.2. The Morgan fingerprint density at radius 1 is 1.27 bits per heavy atom. The molecule has 1 aliphatic rings. The van der Waals surface area contributed by atoms with E-state index in [4.69, 9.17) is 4.74 Å². The summed E-state index contributed by atoms with van der Waals surface area (Å²) in [6.07, 6.45) is 4.53. The predicted molar refractivity (Wildman–Crippen MR) is 92.1 cm³/mol. The van der Waals surface area contributed by atoms with Crippen molar-refractivity contribution < 1.29 is 9.84 Å². The highest BCUT2D eigenvalue weighted by Gasteiger charge is 2.13. The van der Waals surface area contributed by atoms with Crippen molar-refractivity contribution in [3.8, 4) is 0 Å². The number of aryl methyl sites for hydroxylation is 1. The molecule has 0 heterocycles. The van der Waals surface area contributed by atoms with E-state index in [0.717, 1.165) is 30.1 Å². The van der Waals surface area contributed by atoms with Crippen LogP contribution in [-0.2, 0) is 4.74 Å². The van der Waals surface area contributed by atoms with Crippen LogP contribution in [0.1, 0.15) is 19.4 Å². The summed E-state index contributed by atoms with van der Waals surface area (Å²) in [5.41, 5.74) is 3.97. The van der Waals surface area contributed by atoms with E-state index in [-0.39, 0.29) is 0 Å². The average Bonchev–Trinajstić information content (AvgIpc) is 2.52. The second kappa shape index (κ2) is 7.27. The van der Waals surface area contributed by atoms with Gasteiger partial charge in [0.05, 0.1) is 18.9 Å². The van der Waals surface area contributed by atoms with E-state index < -0.39 is 6.10 Å². The first kappa shape index (κ1) is 16.3. The molecule has 0 saturated heterocycles. The Hall–Kier alpha value is -2.07. The maximum Gasteiger partial charge on any atom is 0.143 e. The lowest BCUT2D eigenvalue weighted by molar-refractivity contribution is 0.253. The van der Waals surface area contributed by atoms with Crippen molar-refractivity contribution in [1.82, 2.24) is 0 Å². The van der Waals surface area contributed by atoms with Crippen LogP contribution < -0.4 is 4.90 Å². The molecule has 0 spiro atoms. The first-order valence-corrected chi connectivity index (χ1v) is 7.65.